The zero-order chi connectivity index (χ0) is 11.9. The van der Waals surface area contributed by atoms with Gasteiger partial charge in [0.1, 0.15) is 5.54 Å². The van der Waals surface area contributed by atoms with Crippen LogP contribution in [0.3, 0.4) is 0 Å². The minimum atomic E-state index is -1.21. The summed E-state index contributed by atoms with van der Waals surface area (Å²) in [4.78, 5) is 22.1. The smallest absolute Gasteiger partial charge is 0.329 e. The number of allylic oxidation sites excluding steroid dienone is 1. The van der Waals surface area contributed by atoms with E-state index in [1.54, 1.807) is 19.1 Å². The molecular weight excluding hydrogens is 196 g/mol. The van der Waals surface area contributed by atoms with Gasteiger partial charge in [0.2, 0.25) is 0 Å². The van der Waals surface area contributed by atoms with Gasteiger partial charge in [0.05, 0.1) is 0 Å². The van der Waals surface area contributed by atoms with Crippen molar-refractivity contribution >= 4 is 12.0 Å². The lowest BCUT2D eigenvalue weighted by Gasteiger charge is -2.24. The molecule has 0 aromatic carbocycles. The summed E-state index contributed by atoms with van der Waals surface area (Å²) in [6, 6.07) is -0.472. The molecule has 0 saturated heterocycles. The van der Waals surface area contributed by atoms with E-state index < -0.39 is 17.5 Å². The molecule has 0 aliphatic heterocycles. The van der Waals surface area contributed by atoms with E-state index in [0.29, 0.717) is 13.0 Å². The van der Waals surface area contributed by atoms with Crippen LogP contribution < -0.4 is 10.6 Å². The van der Waals surface area contributed by atoms with Crippen molar-refractivity contribution in [3.8, 4) is 0 Å². The monoisotopic (exact) mass is 214 g/mol. The molecule has 86 valence electrons. The predicted octanol–water partition coefficient (Wildman–Crippen LogP) is 1.11. The molecule has 0 saturated carbocycles. The SMILES string of the molecule is C/C=C/CNC(=O)NC(C)(CC)C(=O)O. The van der Waals surface area contributed by atoms with Crippen molar-refractivity contribution in [2.24, 2.45) is 0 Å². The van der Waals surface area contributed by atoms with Gasteiger partial charge in [0, 0.05) is 6.54 Å². The van der Waals surface area contributed by atoms with E-state index in [0.717, 1.165) is 0 Å². The summed E-state index contributed by atoms with van der Waals surface area (Å²) >= 11 is 0. The van der Waals surface area contributed by atoms with E-state index >= 15 is 0 Å². The average molecular weight is 214 g/mol. The molecule has 15 heavy (non-hydrogen) atoms. The third-order valence-electron chi connectivity index (χ3n) is 2.18. The second kappa shape index (κ2) is 6.06. The highest BCUT2D eigenvalue weighted by Gasteiger charge is 2.32. The zero-order valence-corrected chi connectivity index (χ0v) is 9.33. The second-order valence-electron chi connectivity index (χ2n) is 3.39. The predicted molar refractivity (Wildman–Crippen MR) is 57.7 cm³/mol. The number of hydrogen-bond donors (Lipinski definition) is 3. The van der Waals surface area contributed by atoms with Crippen LogP contribution in [0.2, 0.25) is 0 Å². The molecule has 0 radical (unpaired) electrons. The lowest BCUT2D eigenvalue weighted by Crippen LogP contribution is -2.54. The number of nitrogens with one attached hydrogen (secondary N) is 2. The molecule has 0 aliphatic rings. The standard InChI is InChI=1S/C10H18N2O3/c1-4-6-7-11-9(15)12-10(3,5-2)8(13)14/h4,6H,5,7H2,1-3H3,(H,13,14)(H2,11,12,15)/b6-4+. The Hall–Kier alpha value is -1.52. The first-order chi connectivity index (χ1) is 6.96. The van der Waals surface area contributed by atoms with E-state index in [4.69, 9.17) is 5.11 Å². The first-order valence-corrected chi connectivity index (χ1v) is 4.87. The van der Waals surface area contributed by atoms with Crippen LogP contribution in [0, 0.1) is 0 Å². The molecule has 5 nitrogen and oxygen atoms in total. The van der Waals surface area contributed by atoms with Gasteiger partial charge in [-0.25, -0.2) is 9.59 Å². The number of carbonyl (C=O) groups is 2. The van der Waals surface area contributed by atoms with Crippen molar-refractivity contribution in [2.75, 3.05) is 6.54 Å². The summed E-state index contributed by atoms with van der Waals surface area (Å²) in [6.07, 6.45) is 3.90. The average Bonchev–Trinajstić information content (AvgIpc) is 2.17. The van der Waals surface area contributed by atoms with Gasteiger partial charge < -0.3 is 15.7 Å². The molecule has 0 aliphatic carbocycles. The molecule has 1 atom stereocenters. The number of urea groups is 1. The van der Waals surface area contributed by atoms with Gasteiger partial charge in [-0.3, -0.25) is 0 Å². The van der Waals surface area contributed by atoms with Crippen LogP contribution in [-0.2, 0) is 4.79 Å². The molecular formula is C10H18N2O3. The first-order valence-electron chi connectivity index (χ1n) is 4.87. The molecule has 0 fully saturated rings. The van der Waals surface area contributed by atoms with Crippen LogP contribution >= 0.6 is 0 Å². The Morgan fingerprint density at radius 3 is 2.47 bits per heavy atom. The van der Waals surface area contributed by atoms with Gasteiger partial charge >= 0.3 is 12.0 Å². The summed E-state index contributed by atoms with van der Waals surface area (Å²) in [5, 5.41) is 13.8. The summed E-state index contributed by atoms with van der Waals surface area (Å²) in [7, 11) is 0. The lowest BCUT2D eigenvalue weighted by atomic mass is 10.00. The van der Waals surface area contributed by atoms with Crippen molar-refractivity contribution < 1.29 is 14.7 Å². The van der Waals surface area contributed by atoms with Crippen LogP contribution in [-0.4, -0.2) is 29.2 Å². The van der Waals surface area contributed by atoms with Crippen LogP contribution in [0.15, 0.2) is 12.2 Å². The Morgan fingerprint density at radius 2 is 2.07 bits per heavy atom. The van der Waals surface area contributed by atoms with E-state index in [1.807, 2.05) is 6.92 Å². The van der Waals surface area contributed by atoms with Crippen molar-refractivity contribution in [3.05, 3.63) is 12.2 Å². The van der Waals surface area contributed by atoms with E-state index in [1.165, 1.54) is 6.92 Å². The van der Waals surface area contributed by atoms with Gasteiger partial charge in [0.25, 0.3) is 0 Å². The van der Waals surface area contributed by atoms with E-state index in [-0.39, 0.29) is 0 Å². The van der Waals surface area contributed by atoms with Crippen molar-refractivity contribution in [1.82, 2.24) is 10.6 Å². The highest BCUT2D eigenvalue weighted by atomic mass is 16.4. The summed E-state index contributed by atoms with van der Waals surface area (Å²) in [5.41, 5.74) is -1.21. The fourth-order valence-corrected chi connectivity index (χ4v) is 0.857. The quantitative estimate of drug-likeness (QED) is 0.600. The largest absolute Gasteiger partial charge is 0.480 e. The fourth-order valence-electron chi connectivity index (χ4n) is 0.857. The zero-order valence-electron chi connectivity index (χ0n) is 9.33. The lowest BCUT2D eigenvalue weighted by molar-refractivity contribution is -0.143. The van der Waals surface area contributed by atoms with Crippen LogP contribution in [0.25, 0.3) is 0 Å². The van der Waals surface area contributed by atoms with Crippen molar-refractivity contribution in [1.29, 1.82) is 0 Å². The molecule has 1 unspecified atom stereocenters. The second-order valence-corrected chi connectivity index (χ2v) is 3.39. The van der Waals surface area contributed by atoms with Crippen molar-refractivity contribution in [3.63, 3.8) is 0 Å². The van der Waals surface area contributed by atoms with Gasteiger partial charge in [-0.2, -0.15) is 0 Å². The maximum atomic E-state index is 11.3. The maximum absolute atomic E-state index is 11.3. The molecule has 0 rings (SSSR count). The molecule has 3 N–H and O–H groups in total. The van der Waals surface area contributed by atoms with Crippen LogP contribution in [0.1, 0.15) is 27.2 Å². The van der Waals surface area contributed by atoms with Crippen molar-refractivity contribution in [2.45, 2.75) is 32.7 Å². The van der Waals surface area contributed by atoms with E-state index in [9.17, 15) is 9.59 Å². The minimum absolute atomic E-state index is 0.333. The highest BCUT2D eigenvalue weighted by Crippen LogP contribution is 2.08. The Morgan fingerprint density at radius 1 is 1.47 bits per heavy atom. The number of rotatable bonds is 5. The number of aliphatic carboxylic acids is 1. The first kappa shape index (κ1) is 13.5. The molecule has 5 heteroatoms. The van der Waals surface area contributed by atoms with Gasteiger partial charge in [0.15, 0.2) is 0 Å². The van der Waals surface area contributed by atoms with Crippen LogP contribution in [0.4, 0.5) is 4.79 Å². The van der Waals surface area contributed by atoms with Gasteiger partial charge in [-0.05, 0) is 20.3 Å². The molecule has 0 aromatic rings. The molecule has 0 bridgehead atoms. The Kier molecular flexibility index (Phi) is 5.44. The number of carboxylic acid groups (broad SMARTS) is 1. The molecule has 0 spiro atoms. The molecule has 2 amide bonds. The summed E-state index contributed by atoms with van der Waals surface area (Å²) < 4.78 is 0. The fraction of sp³-hybridized carbons (Fsp3) is 0.600. The third kappa shape index (κ3) is 4.49. The number of carboxylic acids is 1. The Labute approximate surface area is 89.6 Å². The molecule has 0 heterocycles. The summed E-state index contributed by atoms with van der Waals surface area (Å²) in [6.45, 7) is 5.42. The van der Waals surface area contributed by atoms with Gasteiger partial charge in [-0.15, -0.1) is 0 Å². The molecule has 0 aromatic heterocycles. The third-order valence-corrected chi connectivity index (χ3v) is 2.18. The minimum Gasteiger partial charge on any atom is -0.480 e. The normalized spacial score (nSPS) is 14.6. The maximum Gasteiger partial charge on any atom is 0.329 e. The van der Waals surface area contributed by atoms with Crippen LogP contribution in [0.5, 0.6) is 0 Å². The summed E-state index contributed by atoms with van der Waals surface area (Å²) in [5.74, 6) is -1.04. The number of amides is 2. The highest BCUT2D eigenvalue weighted by molar-refractivity contribution is 5.85. The number of hydrogen-bond acceptors (Lipinski definition) is 2. The van der Waals surface area contributed by atoms with Gasteiger partial charge in [-0.1, -0.05) is 19.1 Å². The number of carbonyl (C=O) groups excluding carboxylic acids is 1. The Balaban J connectivity index is 4.19. The Bertz CT molecular complexity index is 263. The topological polar surface area (TPSA) is 78.4 Å². The van der Waals surface area contributed by atoms with E-state index in [2.05, 4.69) is 10.6 Å².